The second-order valence-corrected chi connectivity index (χ2v) is 4.98. The lowest BCUT2D eigenvalue weighted by atomic mass is 9.82. The summed E-state index contributed by atoms with van der Waals surface area (Å²) >= 11 is 0. The number of hydrogen-bond donors (Lipinski definition) is 0. The minimum Gasteiger partial charge on any atom is -0.427 e. The van der Waals surface area contributed by atoms with Crippen molar-refractivity contribution in [1.29, 1.82) is 0 Å². The van der Waals surface area contributed by atoms with Gasteiger partial charge in [-0.1, -0.05) is 34.6 Å². The molecule has 1 aliphatic rings. The maximum Gasteiger partial charge on any atom is 0.509 e. The van der Waals surface area contributed by atoms with Gasteiger partial charge in [-0.25, -0.2) is 4.79 Å². The van der Waals surface area contributed by atoms with E-state index in [1.54, 1.807) is 0 Å². The van der Waals surface area contributed by atoms with Crippen LogP contribution in [0.25, 0.3) is 0 Å². The number of ether oxygens (including phenoxy) is 2. The van der Waals surface area contributed by atoms with E-state index in [4.69, 9.17) is 9.47 Å². The fourth-order valence-electron chi connectivity index (χ4n) is 1.53. The molecular formula is C10H18O3. The minimum absolute atomic E-state index is 0.0545. The van der Waals surface area contributed by atoms with Crippen molar-refractivity contribution in [1.82, 2.24) is 0 Å². The van der Waals surface area contributed by atoms with Gasteiger partial charge in [0.05, 0.1) is 0 Å². The fraction of sp³-hybridized carbons (Fsp3) is 0.900. The molecule has 0 aliphatic carbocycles. The zero-order valence-corrected chi connectivity index (χ0v) is 8.96. The average molecular weight is 186 g/mol. The molecule has 0 N–H and O–H groups in total. The molecule has 0 aromatic rings. The van der Waals surface area contributed by atoms with Crippen LogP contribution in [0.4, 0.5) is 4.79 Å². The molecule has 1 fully saturated rings. The fourth-order valence-corrected chi connectivity index (χ4v) is 1.53. The molecule has 0 spiro atoms. The summed E-state index contributed by atoms with van der Waals surface area (Å²) < 4.78 is 10.2. The summed E-state index contributed by atoms with van der Waals surface area (Å²) in [6.45, 7) is 10.2. The molecule has 1 rings (SSSR count). The summed E-state index contributed by atoms with van der Waals surface area (Å²) in [4.78, 5) is 11.0. The van der Waals surface area contributed by atoms with Crippen molar-refractivity contribution in [3.8, 4) is 0 Å². The Hall–Kier alpha value is -0.730. The number of carbonyl (C=O) groups excluding carboxylic acids is 1. The highest BCUT2D eigenvalue weighted by molar-refractivity contribution is 5.62. The maximum atomic E-state index is 11.0. The topological polar surface area (TPSA) is 35.5 Å². The first-order valence-electron chi connectivity index (χ1n) is 4.69. The molecule has 0 bridgehead atoms. The van der Waals surface area contributed by atoms with Crippen LogP contribution >= 0.6 is 0 Å². The van der Waals surface area contributed by atoms with Gasteiger partial charge in [0.2, 0.25) is 0 Å². The van der Waals surface area contributed by atoms with Crippen LogP contribution < -0.4 is 0 Å². The molecule has 1 saturated heterocycles. The molecule has 0 saturated carbocycles. The Balaban J connectivity index is 2.78. The standard InChI is InChI=1S/C10H18O3/c1-6(2)7-8(10(3,4)5)13-9(11)12-7/h6-8H,1-5H3/t7-,8+/m0/s1. The Kier molecular flexibility index (Phi) is 2.55. The Morgan fingerprint density at radius 2 is 1.77 bits per heavy atom. The summed E-state index contributed by atoms with van der Waals surface area (Å²) in [5, 5.41) is 0. The van der Waals surface area contributed by atoms with E-state index in [0.717, 1.165) is 0 Å². The molecule has 1 aliphatic heterocycles. The maximum absolute atomic E-state index is 11.0. The Morgan fingerprint density at radius 3 is 2.08 bits per heavy atom. The van der Waals surface area contributed by atoms with E-state index in [0.29, 0.717) is 5.92 Å². The van der Waals surface area contributed by atoms with E-state index in [-0.39, 0.29) is 17.6 Å². The number of carbonyl (C=O) groups is 1. The first kappa shape index (κ1) is 10.4. The van der Waals surface area contributed by atoms with Crippen LogP contribution in [0.5, 0.6) is 0 Å². The normalized spacial score (nSPS) is 28.9. The van der Waals surface area contributed by atoms with Crippen LogP contribution in [-0.4, -0.2) is 18.4 Å². The van der Waals surface area contributed by atoms with Crippen LogP contribution in [0.1, 0.15) is 34.6 Å². The zero-order valence-electron chi connectivity index (χ0n) is 8.96. The Labute approximate surface area is 79.4 Å². The third-order valence-electron chi connectivity index (χ3n) is 2.26. The third-order valence-corrected chi connectivity index (χ3v) is 2.26. The van der Waals surface area contributed by atoms with Crippen molar-refractivity contribution >= 4 is 6.16 Å². The van der Waals surface area contributed by atoms with Gasteiger partial charge in [0.15, 0.2) is 0 Å². The monoisotopic (exact) mass is 186 g/mol. The quantitative estimate of drug-likeness (QED) is 0.590. The summed E-state index contributed by atoms with van der Waals surface area (Å²) in [6.07, 6.45) is -0.758. The number of hydrogen-bond acceptors (Lipinski definition) is 3. The predicted octanol–water partition coefficient (Wildman–Crippen LogP) is 2.59. The molecule has 76 valence electrons. The van der Waals surface area contributed by atoms with Gasteiger partial charge in [-0.15, -0.1) is 0 Å². The summed E-state index contributed by atoms with van der Waals surface area (Å²) in [5.74, 6) is 0.302. The zero-order chi connectivity index (χ0) is 10.2. The first-order valence-corrected chi connectivity index (χ1v) is 4.69. The van der Waals surface area contributed by atoms with Gasteiger partial charge in [0.1, 0.15) is 12.2 Å². The van der Waals surface area contributed by atoms with Crippen molar-refractivity contribution in [3.63, 3.8) is 0 Å². The second-order valence-electron chi connectivity index (χ2n) is 4.98. The van der Waals surface area contributed by atoms with E-state index < -0.39 is 6.16 Å². The predicted molar refractivity (Wildman–Crippen MR) is 49.4 cm³/mol. The van der Waals surface area contributed by atoms with Crippen LogP contribution in [0.15, 0.2) is 0 Å². The van der Waals surface area contributed by atoms with E-state index in [1.807, 2.05) is 13.8 Å². The van der Waals surface area contributed by atoms with E-state index in [1.165, 1.54) is 0 Å². The lowest BCUT2D eigenvalue weighted by molar-refractivity contribution is 0.0336. The molecule has 3 nitrogen and oxygen atoms in total. The van der Waals surface area contributed by atoms with Gasteiger partial charge in [0, 0.05) is 5.41 Å². The van der Waals surface area contributed by atoms with Gasteiger partial charge in [-0.05, 0) is 5.92 Å². The van der Waals surface area contributed by atoms with Crippen LogP contribution in [0.3, 0.4) is 0 Å². The van der Waals surface area contributed by atoms with Crippen molar-refractivity contribution in [2.45, 2.75) is 46.8 Å². The van der Waals surface area contributed by atoms with Crippen molar-refractivity contribution in [2.75, 3.05) is 0 Å². The van der Waals surface area contributed by atoms with Crippen molar-refractivity contribution < 1.29 is 14.3 Å². The molecule has 13 heavy (non-hydrogen) atoms. The SMILES string of the molecule is CC(C)[C@@H]1OC(=O)O[C@H]1C(C)(C)C. The Morgan fingerprint density at radius 1 is 1.23 bits per heavy atom. The van der Waals surface area contributed by atoms with E-state index >= 15 is 0 Å². The first-order chi connectivity index (χ1) is 5.82. The highest BCUT2D eigenvalue weighted by Gasteiger charge is 2.45. The molecule has 0 aromatic heterocycles. The highest BCUT2D eigenvalue weighted by Crippen LogP contribution is 2.34. The molecule has 0 aromatic carbocycles. The van der Waals surface area contributed by atoms with Gasteiger partial charge in [0.25, 0.3) is 0 Å². The van der Waals surface area contributed by atoms with Gasteiger partial charge >= 0.3 is 6.16 Å². The third kappa shape index (κ3) is 2.14. The smallest absolute Gasteiger partial charge is 0.427 e. The van der Waals surface area contributed by atoms with Crippen LogP contribution in [0.2, 0.25) is 0 Å². The Bertz CT molecular complexity index is 203. The minimum atomic E-state index is -0.529. The summed E-state index contributed by atoms with van der Waals surface area (Å²) in [5.41, 5.74) is -0.0545. The lowest BCUT2D eigenvalue weighted by Crippen LogP contribution is -2.38. The van der Waals surface area contributed by atoms with Gasteiger partial charge in [-0.2, -0.15) is 0 Å². The average Bonchev–Trinajstić information content (AvgIpc) is 2.29. The van der Waals surface area contributed by atoms with Crippen molar-refractivity contribution in [3.05, 3.63) is 0 Å². The van der Waals surface area contributed by atoms with E-state index in [9.17, 15) is 4.79 Å². The molecule has 2 atom stereocenters. The molecule has 3 heteroatoms. The van der Waals surface area contributed by atoms with Crippen LogP contribution in [0, 0.1) is 11.3 Å². The molecule has 0 radical (unpaired) electrons. The molecule has 0 amide bonds. The highest BCUT2D eigenvalue weighted by atomic mass is 16.8. The number of rotatable bonds is 1. The van der Waals surface area contributed by atoms with Gasteiger partial charge in [-0.3, -0.25) is 0 Å². The van der Waals surface area contributed by atoms with Crippen molar-refractivity contribution in [2.24, 2.45) is 11.3 Å². The second kappa shape index (κ2) is 3.20. The molecular weight excluding hydrogens is 168 g/mol. The number of cyclic esters (lactones) is 2. The van der Waals surface area contributed by atoms with Crippen LogP contribution in [-0.2, 0) is 9.47 Å². The summed E-state index contributed by atoms with van der Waals surface area (Å²) in [6, 6.07) is 0. The summed E-state index contributed by atoms with van der Waals surface area (Å²) in [7, 11) is 0. The largest absolute Gasteiger partial charge is 0.509 e. The molecule has 0 unspecified atom stereocenters. The van der Waals surface area contributed by atoms with E-state index in [2.05, 4.69) is 20.8 Å². The lowest BCUT2D eigenvalue weighted by Gasteiger charge is -2.29. The van der Waals surface area contributed by atoms with Gasteiger partial charge < -0.3 is 9.47 Å². The molecule has 1 heterocycles.